The van der Waals surface area contributed by atoms with Gasteiger partial charge in [-0.25, -0.2) is 14.6 Å². The van der Waals surface area contributed by atoms with Gasteiger partial charge in [0.1, 0.15) is 43.2 Å². The molecule has 0 amide bonds. The van der Waals surface area contributed by atoms with E-state index < -0.39 is 5.79 Å². The van der Waals surface area contributed by atoms with Gasteiger partial charge in [-0.1, -0.05) is 53.5 Å². The largest absolute Gasteiger partial charge is 0.491 e. The molecule has 0 aliphatic carbocycles. The molecular formula is C37H34Cl2N6O4. The molecule has 0 saturated carbocycles. The van der Waals surface area contributed by atoms with E-state index in [1.807, 2.05) is 42.5 Å². The summed E-state index contributed by atoms with van der Waals surface area (Å²) in [5.41, 5.74) is 5.80. The lowest BCUT2D eigenvalue weighted by Crippen LogP contribution is -2.45. The van der Waals surface area contributed by atoms with Gasteiger partial charge in [-0.3, -0.25) is 4.90 Å². The molecule has 2 aliphatic rings. The maximum Gasteiger partial charge on any atom is 0.227 e. The molecular weight excluding hydrogens is 663 g/mol. The number of hydrogen-bond donors (Lipinski definition) is 0. The van der Waals surface area contributed by atoms with Gasteiger partial charge in [0.25, 0.3) is 0 Å². The van der Waals surface area contributed by atoms with Gasteiger partial charge in [0.05, 0.1) is 11.6 Å². The Morgan fingerprint density at radius 1 is 0.898 bits per heavy atom. The molecule has 6 aromatic rings. The van der Waals surface area contributed by atoms with Crippen LogP contribution in [0, 0.1) is 0 Å². The van der Waals surface area contributed by atoms with E-state index in [0.717, 1.165) is 55.1 Å². The number of fused-ring (bicyclic) bond motifs is 1. The van der Waals surface area contributed by atoms with Gasteiger partial charge in [0, 0.05) is 54.6 Å². The van der Waals surface area contributed by atoms with Crippen molar-refractivity contribution in [3.8, 4) is 17.2 Å². The van der Waals surface area contributed by atoms with Crippen LogP contribution in [0.3, 0.4) is 0 Å². The lowest BCUT2D eigenvalue weighted by Gasteiger charge is -2.36. The van der Waals surface area contributed by atoms with Gasteiger partial charge in [-0.05, 0) is 66.2 Å². The van der Waals surface area contributed by atoms with Crippen molar-refractivity contribution in [2.75, 3.05) is 44.3 Å². The molecule has 49 heavy (non-hydrogen) atoms. The summed E-state index contributed by atoms with van der Waals surface area (Å²) in [5.74, 6) is 0.274. The second-order valence-electron chi connectivity index (χ2n) is 12.3. The highest BCUT2D eigenvalue weighted by Gasteiger charge is 2.45. The van der Waals surface area contributed by atoms with E-state index in [0.29, 0.717) is 34.7 Å². The van der Waals surface area contributed by atoms with Crippen molar-refractivity contribution in [3.05, 3.63) is 125 Å². The molecule has 0 N–H and O–H groups in total. The average molecular weight is 698 g/mol. The summed E-state index contributed by atoms with van der Waals surface area (Å²) in [6.07, 6.45) is 2.77. The Hall–Kier alpha value is -4.45. The van der Waals surface area contributed by atoms with Crippen LogP contribution in [-0.4, -0.2) is 70.1 Å². The van der Waals surface area contributed by atoms with Crippen molar-refractivity contribution in [3.63, 3.8) is 0 Å². The first-order valence-corrected chi connectivity index (χ1v) is 17.0. The lowest BCUT2D eigenvalue weighted by molar-refractivity contribution is -0.190. The van der Waals surface area contributed by atoms with E-state index in [-0.39, 0.29) is 12.6 Å². The number of hydrogen-bond acceptors (Lipinski definition) is 9. The number of para-hydroxylation sites is 2. The number of oxazole rings is 1. The van der Waals surface area contributed by atoms with Gasteiger partial charge >= 0.3 is 0 Å². The average Bonchev–Trinajstić information content (AvgIpc) is 3.89. The third-order valence-corrected chi connectivity index (χ3v) is 9.50. The summed E-state index contributed by atoms with van der Waals surface area (Å²) in [7, 11) is 0. The SMILES string of the molecule is Clc1ccc(C2(Cn3cncn3)OCC(COc3ccc(N4CCN(Cc5ccc(-c6nc7ccccc7o6)cc5)CC4)cc3)O2)c(Cl)c1. The van der Waals surface area contributed by atoms with Crippen LogP contribution in [0.25, 0.3) is 22.6 Å². The number of ether oxygens (including phenoxy) is 3. The third-order valence-electron chi connectivity index (χ3n) is 8.95. The zero-order chi connectivity index (χ0) is 33.2. The number of aromatic nitrogens is 4. The normalized spacial score (nSPS) is 19.9. The monoisotopic (exact) mass is 696 g/mol. The molecule has 2 aliphatic heterocycles. The first-order chi connectivity index (χ1) is 24.0. The highest BCUT2D eigenvalue weighted by atomic mass is 35.5. The molecule has 2 atom stereocenters. The summed E-state index contributed by atoms with van der Waals surface area (Å²) in [4.78, 5) is 13.6. The summed E-state index contributed by atoms with van der Waals surface area (Å²) < 4.78 is 26.5. The lowest BCUT2D eigenvalue weighted by atomic mass is 10.1. The van der Waals surface area contributed by atoms with Gasteiger partial charge in [-0.2, -0.15) is 5.10 Å². The maximum atomic E-state index is 6.59. The molecule has 2 aromatic heterocycles. The maximum absolute atomic E-state index is 6.59. The first-order valence-electron chi connectivity index (χ1n) is 16.2. The van der Waals surface area contributed by atoms with Crippen LogP contribution in [0.4, 0.5) is 5.69 Å². The smallest absolute Gasteiger partial charge is 0.227 e. The zero-order valence-electron chi connectivity index (χ0n) is 26.6. The Labute approximate surface area is 293 Å². The Morgan fingerprint density at radius 2 is 1.71 bits per heavy atom. The van der Waals surface area contributed by atoms with Gasteiger partial charge in [0.2, 0.25) is 11.7 Å². The van der Waals surface area contributed by atoms with E-state index in [1.165, 1.54) is 17.6 Å². The Balaban J connectivity index is 0.829. The molecule has 12 heteroatoms. The number of piperazine rings is 1. The van der Waals surface area contributed by atoms with Gasteiger partial charge < -0.3 is 23.5 Å². The number of rotatable bonds is 10. The third kappa shape index (κ3) is 7.01. The molecule has 8 rings (SSSR count). The zero-order valence-corrected chi connectivity index (χ0v) is 28.1. The Bertz CT molecular complexity index is 1980. The van der Waals surface area contributed by atoms with E-state index in [9.17, 15) is 0 Å². The highest BCUT2D eigenvalue weighted by Crippen LogP contribution is 2.40. The molecule has 0 bridgehead atoms. The first kappa shape index (κ1) is 31.8. The Morgan fingerprint density at radius 3 is 2.47 bits per heavy atom. The minimum Gasteiger partial charge on any atom is -0.491 e. The predicted molar refractivity (Wildman–Crippen MR) is 188 cm³/mol. The van der Waals surface area contributed by atoms with Crippen molar-refractivity contribution in [1.29, 1.82) is 0 Å². The molecule has 2 fully saturated rings. The Kier molecular flexibility index (Phi) is 8.96. The highest BCUT2D eigenvalue weighted by molar-refractivity contribution is 6.35. The molecule has 4 aromatic carbocycles. The fourth-order valence-electron chi connectivity index (χ4n) is 6.40. The topological polar surface area (TPSA) is 90.9 Å². The van der Waals surface area contributed by atoms with Crippen molar-refractivity contribution in [2.24, 2.45) is 0 Å². The van der Waals surface area contributed by atoms with Crippen LogP contribution in [0.2, 0.25) is 10.0 Å². The minimum atomic E-state index is -1.15. The standard InChI is InChI=1S/C37H34Cl2N6O4/c38-28-9-14-32(33(39)19-28)37(23-45-25-40-24-41-45)47-22-31(49-37)21-46-30-12-10-29(11-13-30)44-17-15-43(16-18-44)20-26-5-7-27(8-6-26)36-42-34-3-1-2-4-35(34)48-36/h1-14,19,24-25,31H,15-18,20-23H2. The molecule has 0 radical (unpaired) electrons. The van der Waals surface area contributed by atoms with Crippen molar-refractivity contribution in [1.82, 2.24) is 24.6 Å². The predicted octanol–water partition coefficient (Wildman–Crippen LogP) is 7.06. The number of nitrogens with zero attached hydrogens (tertiary/aromatic N) is 6. The number of anilines is 1. The van der Waals surface area contributed by atoms with E-state index in [2.05, 4.69) is 61.3 Å². The van der Waals surface area contributed by atoms with Crippen LogP contribution in [0.1, 0.15) is 11.1 Å². The fraction of sp³-hybridized carbons (Fsp3) is 0.270. The van der Waals surface area contributed by atoms with E-state index in [1.54, 1.807) is 23.1 Å². The number of halogens is 2. The van der Waals surface area contributed by atoms with E-state index in [4.69, 9.17) is 41.8 Å². The molecule has 10 nitrogen and oxygen atoms in total. The quantitative estimate of drug-likeness (QED) is 0.149. The minimum absolute atomic E-state index is 0.278. The fourth-order valence-corrected chi connectivity index (χ4v) is 6.95. The van der Waals surface area contributed by atoms with Crippen molar-refractivity contribution in [2.45, 2.75) is 25.0 Å². The van der Waals surface area contributed by atoms with Gasteiger partial charge in [0.15, 0.2) is 5.58 Å². The van der Waals surface area contributed by atoms with Crippen LogP contribution < -0.4 is 9.64 Å². The van der Waals surface area contributed by atoms with Crippen LogP contribution >= 0.6 is 23.2 Å². The molecule has 4 heterocycles. The van der Waals surface area contributed by atoms with Crippen LogP contribution in [0.15, 0.2) is 108 Å². The van der Waals surface area contributed by atoms with Crippen LogP contribution in [0.5, 0.6) is 5.75 Å². The second kappa shape index (κ2) is 13.8. The van der Waals surface area contributed by atoms with E-state index >= 15 is 0 Å². The van der Waals surface area contributed by atoms with Crippen LogP contribution in [-0.2, 0) is 28.4 Å². The van der Waals surface area contributed by atoms with Crippen molar-refractivity contribution >= 4 is 40.0 Å². The molecule has 2 unspecified atom stereocenters. The summed E-state index contributed by atoms with van der Waals surface area (Å²) >= 11 is 12.7. The molecule has 250 valence electrons. The number of benzene rings is 4. The van der Waals surface area contributed by atoms with Gasteiger partial charge in [-0.15, -0.1) is 0 Å². The summed E-state index contributed by atoms with van der Waals surface area (Å²) in [5, 5.41) is 5.23. The summed E-state index contributed by atoms with van der Waals surface area (Å²) in [6, 6.07) is 29.9. The molecule has 0 spiro atoms. The summed E-state index contributed by atoms with van der Waals surface area (Å²) in [6.45, 7) is 5.71. The molecule has 2 saturated heterocycles. The van der Waals surface area contributed by atoms with Crippen molar-refractivity contribution < 1.29 is 18.6 Å². The second-order valence-corrected chi connectivity index (χ2v) is 13.1.